The second-order valence-electron chi connectivity index (χ2n) is 3.69. The van der Waals surface area contributed by atoms with Crippen molar-refractivity contribution in [2.75, 3.05) is 18.5 Å². The monoisotopic (exact) mass is 304 g/mol. The predicted molar refractivity (Wildman–Crippen MR) is 65.5 cm³/mol. The minimum Gasteiger partial charge on any atom is -0.375 e. The summed E-state index contributed by atoms with van der Waals surface area (Å²) in [5.41, 5.74) is 5.32. The molecule has 1 fully saturated rings. The van der Waals surface area contributed by atoms with E-state index in [1.807, 2.05) is 0 Å². The van der Waals surface area contributed by atoms with Crippen LogP contribution in [0, 0.1) is 0 Å². The number of carbonyl (C=O) groups excluding carboxylic acids is 1. The number of benzene rings is 1. The average Bonchev–Trinajstić information content (AvgIpc) is 2.16. The van der Waals surface area contributed by atoms with E-state index in [0.717, 1.165) is 10.2 Å². The van der Waals surface area contributed by atoms with Crippen molar-refractivity contribution in [2.45, 2.75) is 5.54 Å². The second kappa shape index (κ2) is 4.24. The van der Waals surface area contributed by atoms with Gasteiger partial charge in [-0.25, -0.2) is 0 Å². The highest BCUT2D eigenvalue weighted by atomic mass is 79.9. The Morgan fingerprint density at radius 3 is 2.69 bits per heavy atom. The third-order valence-corrected chi connectivity index (χ3v) is 3.69. The summed E-state index contributed by atoms with van der Waals surface area (Å²) in [7, 11) is 0. The van der Waals surface area contributed by atoms with Gasteiger partial charge in [-0.3, -0.25) is 4.79 Å². The van der Waals surface area contributed by atoms with Crippen molar-refractivity contribution in [3.63, 3.8) is 0 Å². The van der Waals surface area contributed by atoms with Crippen LogP contribution >= 0.6 is 27.5 Å². The van der Waals surface area contributed by atoms with Gasteiger partial charge in [0.15, 0.2) is 5.54 Å². The number of nitrogens with one attached hydrogen (secondary N) is 1. The van der Waals surface area contributed by atoms with Crippen LogP contribution < -0.4 is 11.1 Å². The second-order valence-corrected chi connectivity index (χ2v) is 4.95. The molecule has 1 heterocycles. The highest BCUT2D eigenvalue weighted by molar-refractivity contribution is 9.10. The molecule has 2 rings (SSSR count). The fourth-order valence-corrected chi connectivity index (χ4v) is 1.93. The van der Waals surface area contributed by atoms with Crippen LogP contribution in [-0.2, 0) is 9.53 Å². The fourth-order valence-electron chi connectivity index (χ4n) is 1.43. The molecule has 4 nitrogen and oxygen atoms in total. The summed E-state index contributed by atoms with van der Waals surface area (Å²) < 4.78 is 5.79. The maximum atomic E-state index is 11.3. The Morgan fingerprint density at radius 2 is 2.25 bits per heavy atom. The summed E-state index contributed by atoms with van der Waals surface area (Å²) in [5, 5.41) is 3.69. The van der Waals surface area contributed by atoms with E-state index in [0.29, 0.717) is 18.2 Å². The standard InChI is InChI=1S/C10H10BrClN2O2/c11-7-3-6(1-2-8(7)12)14-10(9(13)15)4-16-5-10/h1-3,14H,4-5H2,(H2,13,15). The smallest absolute Gasteiger partial charge is 0.247 e. The molecule has 0 aliphatic carbocycles. The van der Waals surface area contributed by atoms with Gasteiger partial charge in [0, 0.05) is 10.2 Å². The molecule has 0 aromatic heterocycles. The van der Waals surface area contributed by atoms with E-state index in [1.165, 1.54) is 0 Å². The molecule has 1 aromatic carbocycles. The van der Waals surface area contributed by atoms with Gasteiger partial charge in [0.05, 0.1) is 18.2 Å². The van der Waals surface area contributed by atoms with Gasteiger partial charge < -0.3 is 15.8 Å². The van der Waals surface area contributed by atoms with Crippen molar-refractivity contribution in [3.8, 4) is 0 Å². The molecule has 0 spiro atoms. The van der Waals surface area contributed by atoms with Gasteiger partial charge in [-0.1, -0.05) is 11.6 Å². The first-order valence-corrected chi connectivity index (χ1v) is 5.81. The number of carbonyl (C=O) groups is 1. The van der Waals surface area contributed by atoms with Crippen LogP contribution in [0.4, 0.5) is 5.69 Å². The first-order valence-electron chi connectivity index (χ1n) is 4.64. The molecule has 0 atom stereocenters. The van der Waals surface area contributed by atoms with Crippen molar-refractivity contribution in [1.82, 2.24) is 0 Å². The molecule has 1 aliphatic rings. The first kappa shape index (κ1) is 11.7. The molecule has 6 heteroatoms. The van der Waals surface area contributed by atoms with Gasteiger partial charge in [-0.2, -0.15) is 0 Å². The van der Waals surface area contributed by atoms with E-state index in [1.54, 1.807) is 18.2 Å². The lowest BCUT2D eigenvalue weighted by atomic mass is 9.96. The number of hydrogen-bond donors (Lipinski definition) is 2. The zero-order valence-electron chi connectivity index (χ0n) is 8.30. The molecule has 0 radical (unpaired) electrons. The zero-order valence-corrected chi connectivity index (χ0v) is 10.6. The van der Waals surface area contributed by atoms with Crippen molar-refractivity contribution in [2.24, 2.45) is 5.73 Å². The molecule has 0 bridgehead atoms. The Labute approximate surface area is 106 Å². The van der Waals surface area contributed by atoms with Gasteiger partial charge in [0.1, 0.15) is 0 Å². The minimum atomic E-state index is -0.784. The number of primary amides is 1. The third kappa shape index (κ3) is 2.03. The van der Waals surface area contributed by atoms with Crippen LogP contribution in [0.15, 0.2) is 22.7 Å². The van der Waals surface area contributed by atoms with E-state index in [4.69, 9.17) is 22.1 Å². The maximum absolute atomic E-state index is 11.3. The largest absolute Gasteiger partial charge is 0.375 e. The topological polar surface area (TPSA) is 64.4 Å². The molecule has 16 heavy (non-hydrogen) atoms. The summed E-state index contributed by atoms with van der Waals surface area (Å²) in [6.07, 6.45) is 0. The Balaban J connectivity index is 2.20. The molecule has 1 aliphatic heterocycles. The van der Waals surface area contributed by atoms with Crippen LogP contribution in [0.3, 0.4) is 0 Å². The van der Waals surface area contributed by atoms with Gasteiger partial charge >= 0.3 is 0 Å². The van der Waals surface area contributed by atoms with Crippen molar-refractivity contribution in [1.29, 1.82) is 0 Å². The summed E-state index contributed by atoms with van der Waals surface area (Å²) >= 11 is 9.18. The molecule has 1 aromatic rings. The Bertz CT molecular complexity index is 435. The number of halogens is 2. The highest BCUT2D eigenvalue weighted by Crippen LogP contribution is 2.29. The number of ether oxygens (including phenoxy) is 1. The number of anilines is 1. The third-order valence-electron chi connectivity index (χ3n) is 2.47. The number of hydrogen-bond acceptors (Lipinski definition) is 3. The molecule has 1 amide bonds. The summed E-state index contributed by atoms with van der Waals surface area (Å²) in [4.78, 5) is 11.3. The maximum Gasteiger partial charge on any atom is 0.247 e. The van der Waals surface area contributed by atoms with Gasteiger partial charge in [-0.15, -0.1) is 0 Å². The normalized spacial score (nSPS) is 17.6. The summed E-state index contributed by atoms with van der Waals surface area (Å²) in [6.45, 7) is 0.588. The zero-order chi connectivity index (χ0) is 11.8. The lowest BCUT2D eigenvalue weighted by molar-refractivity contribution is -0.137. The Morgan fingerprint density at radius 1 is 1.56 bits per heavy atom. The average molecular weight is 306 g/mol. The van der Waals surface area contributed by atoms with Crippen LogP contribution in [-0.4, -0.2) is 24.7 Å². The van der Waals surface area contributed by atoms with E-state index >= 15 is 0 Å². The number of nitrogens with two attached hydrogens (primary N) is 1. The van der Waals surface area contributed by atoms with Gasteiger partial charge in [0.25, 0.3) is 0 Å². The first-order chi connectivity index (χ1) is 7.53. The number of amides is 1. The molecule has 1 saturated heterocycles. The predicted octanol–water partition coefficient (Wildman–Crippen LogP) is 1.77. The SMILES string of the molecule is NC(=O)C1(Nc2ccc(Cl)c(Br)c2)COC1. The molecular weight excluding hydrogens is 295 g/mol. The van der Waals surface area contributed by atoms with Crippen LogP contribution in [0.2, 0.25) is 5.02 Å². The van der Waals surface area contributed by atoms with Crippen LogP contribution in [0.1, 0.15) is 0 Å². The minimum absolute atomic E-state index is 0.294. The van der Waals surface area contributed by atoms with Crippen LogP contribution in [0.25, 0.3) is 0 Å². The van der Waals surface area contributed by atoms with Crippen molar-refractivity contribution in [3.05, 3.63) is 27.7 Å². The Kier molecular flexibility index (Phi) is 3.10. The molecule has 3 N–H and O–H groups in total. The molecule has 0 unspecified atom stereocenters. The van der Waals surface area contributed by atoms with Gasteiger partial charge in [0.2, 0.25) is 5.91 Å². The van der Waals surface area contributed by atoms with Gasteiger partial charge in [-0.05, 0) is 34.1 Å². The highest BCUT2D eigenvalue weighted by Gasteiger charge is 2.44. The molecule has 86 valence electrons. The summed E-state index contributed by atoms with van der Waals surface area (Å²) in [6, 6.07) is 5.32. The van der Waals surface area contributed by atoms with Crippen molar-refractivity contribution < 1.29 is 9.53 Å². The molecule has 0 saturated carbocycles. The van der Waals surface area contributed by atoms with E-state index in [2.05, 4.69) is 21.2 Å². The van der Waals surface area contributed by atoms with E-state index in [9.17, 15) is 4.79 Å². The molecular formula is C10H10BrClN2O2. The lowest BCUT2D eigenvalue weighted by Crippen LogP contribution is -2.64. The number of rotatable bonds is 3. The summed E-state index contributed by atoms with van der Waals surface area (Å²) in [5.74, 6) is -0.412. The quantitative estimate of drug-likeness (QED) is 0.894. The van der Waals surface area contributed by atoms with E-state index in [-0.39, 0.29) is 0 Å². The lowest BCUT2D eigenvalue weighted by Gasteiger charge is -2.39. The fraction of sp³-hybridized carbons (Fsp3) is 0.300. The Hall–Kier alpha value is -0.780. The van der Waals surface area contributed by atoms with Crippen LogP contribution in [0.5, 0.6) is 0 Å². The van der Waals surface area contributed by atoms with E-state index < -0.39 is 11.4 Å². The van der Waals surface area contributed by atoms with Crippen molar-refractivity contribution >= 4 is 39.1 Å².